The number of carbonyl (C=O) groups excluding carboxylic acids is 2. The van der Waals surface area contributed by atoms with Gasteiger partial charge < -0.3 is 20.0 Å². The van der Waals surface area contributed by atoms with Gasteiger partial charge in [0.25, 0.3) is 11.5 Å². The van der Waals surface area contributed by atoms with Crippen molar-refractivity contribution in [1.82, 2.24) is 9.71 Å². The second-order valence-electron chi connectivity index (χ2n) is 6.98. The third kappa shape index (κ3) is 4.38. The molecule has 2 aromatic carbocycles. The first-order valence-electron chi connectivity index (χ1n) is 9.89. The smallest absolute Gasteiger partial charge is 0.344 e. The van der Waals surface area contributed by atoms with Gasteiger partial charge in [-0.25, -0.2) is 4.79 Å². The number of rotatable bonds is 6. The van der Waals surface area contributed by atoms with E-state index in [4.69, 9.17) is 9.57 Å². The van der Waals surface area contributed by atoms with Crippen LogP contribution < -0.4 is 15.7 Å². The number of nitrogens with one attached hydrogen (secondary N) is 1. The fraction of sp³-hybridized carbons (Fsp3) is 0.0833. The van der Waals surface area contributed by atoms with E-state index in [2.05, 4.69) is 10.3 Å². The van der Waals surface area contributed by atoms with E-state index in [0.29, 0.717) is 10.4 Å². The van der Waals surface area contributed by atoms with E-state index in [0.717, 1.165) is 12.7 Å². The van der Waals surface area contributed by atoms with Gasteiger partial charge >= 0.3 is 5.97 Å². The number of nitrogens with zero attached hydrogens (tertiary/aromatic N) is 2. The van der Waals surface area contributed by atoms with Crippen molar-refractivity contribution in [2.24, 2.45) is 0 Å². The van der Waals surface area contributed by atoms with Gasteiger partial charge in [-0.05, 0) is 29.8 Å². The highest BCUT2D eigenvalue weighted by molar-refractivity contribution is 6.08. The lowest BCUT2D eigenvalue weighted by atomic mass is 10.1. The number of fused-ring (bicyclic) bond motifs is 1. The fourth-order valence-corrected chi connectivity index (χ4v) is 3.27. The lowest BCUT2D eigenvalue weighted by Crippen LogP contribution is -2.29. The van der Waals surface area contributed by atoms with Gasteiger partial charge in [-0.15, -0.1) is 4.73 Å². The van der Waals surface area contributed by atoms with Crippen molar-refractivity contribution in [1.29, 1.82) is 0 Å². The van der Waals surface area contributed by atoms with Crippen LogP contribution in [0.5, 0.6) is 5.88 Å². The second kappa shape index (κ2) is 9.23. The summed E-state index contributed by atoms with van der Waals surface area (Å²) in [5.41, 5.74) is 0.302. The van der Waals surface area contributed by atoms with Crippen LogP contribution in [0.25, 0.3) is 10.8 Å². The van der Waals surface area contributed by atoms with Crippen LogP contribution in [0.3, 0.4) is 0 Å². The zero-order valence-electron chi connectivity index (χ0n) is 17.5. The normalized spacial score (nSPS) is 10.6. The third-order valence-corrected chi connectivity index (χ3v) is 4.87. The average molecular weight is 445 g/mol. The number of hydrogen-bond acceptors (Lipinski definition) is 7. The van der Waals surface area contributed by atoms with Gasteiger partial charge in [0.15, 0.2) is 0 Å². The van der Waals surface area contributed by atoms with Crippen LogP contribution in [0.1, 0.15) is 26.4 Å². The maximum absolute atomic E-state index is 13.1. The number of carbonyl (C=O) groups is 2. The molecular weight excluding hydrogens is 426 g/mol. The second-order valence-corrected chi connectivity index (χ2v) is 6.98. The first-order valence-corrected chi connectivity index (χ1v) is 9.89. The standard InChI is InChI=1S/C24H19N3O6/c1-32-24(31)20-17-11-10-16(26-21(28)19-9-5-6-12-25-19)13-18(17)22(29)27(23(20)30)33-14-15-7-3-2-4-8-15/h2-13,30H,14H2,1H3,(H,26,28). The van der Waals surface area contributed by atoms with Crippen LogP contribution in [0, 0.1) is 0 Å². The van der Waals surface area contributed by atoms with E-state index in [1.807, 2.05) is 6.07 Å². The van der Waals surface area contributed by atoms with Crippen molar-refractivity contribution in [3.8, 4) is 5.88 Å². The summed E-state index contributed by atoms with van der Waals surface area (Å²) in [7, 11) is 1.16. The summed E-state index contributed by atoms with van der Waals surface area (Å²) >= 11 is 0. The van der Waals surface area contributed by atoms with Gasteiger partial charge in [-0.2, -0.15) is 0 Å². The molecule has 33 heavy (non-hydrogen) atoms. The van der Waals surface area contributed by atoms with Crippen LogP contribution in [0.4, 0.5) is 5.69 Å². The monoisotopic (exact) mass is 445 g/mol. The highest BCUT2D eigenvalue weighted by Crippen LogP contribution is 2.27. The maximum atomic E-state index is 13.1. The molecule has 4 aromatic rings. The number of pyridine rings is 2. The van der Waals surface area contributed by atoms with Gasteiger partial charge in [-0.1, -0.05) is 42.5 Å². The molecule has 4 rings (SSSR count). The molecule has 166 valence electrons. The Morgan fingerprint density at radius 1 is 1.03 bits per heavy atom. The highest BCUT2D eigenvalue weighted by Gasteiger charge is 2.24. The molecule has 0 bridgehead atoms. The van der Waals surface area contributed by atoms with E-state index < -0.39 is 23.3 Å². The van der Waals surface area contributed by atoms with Crippen molar-refractivity contribution in [3.05, 3.63) is 100 Å². The summed E-state index contributed by atoms with van der Waals surface area (Å²) in [4.78, 5) is 47.5. The lowest BCUT2D eigenvalue weighted by Gasteiger charge is -2.15. The Hall–Kier alpha value is -4.66. The summed E-state index contributed by atoms with van der Waals surface area (Å²) in [6.07, 6.45) is 1.49. The topological polar surface area (TPSA) is 120 Å². The van der Waals surface area contributed by atoms with E-state index in [1.54, 1.807) is 42.5 Å². The predicted molar refractivity (Wildman–Crippen MR) is 120 cm³/mol. The molecule has 9 heteroatoms. The minimum absolute atomic E-state index is 0.0312. The van der Waals surface area contributed by atoms with Gasteiger partial charge in [0, 0.05) is 17.3 Å². The minimum atomic E-state index is -0.847. The summed E-state index contributed by atoms with van der Waals surface area (Å²) in [5.74, 6) is -2.00. The molecular formula is C24H19N3O6. The molecule has 0 radical (unpaired) electrons. The number of aromatic hydroxyl groups is 1. The number of ether oxygens (including phenoxy) is 1. The van der Waals surface area contributed by atoms with E-state index in [1.165, 1.54) is 24.4 Å². The van der Waals surface area contributed by atoms with Gasteiger partial charge in [0.2, 0.25) is 5.88 Å². The largest absolute Gasteiger partial charge is 0.492 e. The number of esters is 1. The first kappa shape index (κ1) is 21.6. The Balaban J connectivity index is 1.78. The molecule has 0 aliphatic heterocycles. The predicted octanol–water partition coefficient (Wildman–Crippen LogP) is 2.77. The Morgan fingerprint density at radius 2 is 1.79 bits per heavy atom. The molecule has 0 saturated heterocycles. The van der Waals surface area contributed by atoms with Crippen molar-refractivity contribution in [3.63, 3.8) is 0 Å². The molecule has 2 heterocycles. The van der Waals surface area contributed by atoms with Crippen molar-refractivity contribution < 1.29 is 24.3 Å². The van der Waals surface area contributed by atoms with Crippen LogP contribution in [-0.4, -0.2) is 33.8 Å². The molecule has 0 atom stereocenters. The van der Waals surface area contributed by atoms with Crippen LogP contribution in [-0.2, 0) is 11.3 Å². The quantitative estimate of drug-likeness (QED) is 0.438. The molecule has 0 aliphatic carbocycles. The highest BCUT2D eigenvalue weighted by atomic mass is 16.7. The van der Waals surface area contributed by atoms with Crippen molar-refractivity contribution in [2.75, 3.05) is 12.4 Å². The van der Waals surface area contributed by atoms with E-state index in [-0.39, 0.29) is 28.6 Å². The number of hydrogen-bond donors (Lipinski definition) is 2. The molecule has 0 unspecified atom stereocenters. The van der Waals surface area contributed by atoms with Gasteiger partial charge in [0.05, 0.1) is 12.5 Å². The molecule has 0 aliphatic rings. The van der Waals surface area contributed by atoms with Gasteiger partial charge in [-0.3, -0.25) is 14.6 Å². The summed E-state index contributed by atoms with van der Waals surface area (Å²) in [5, 5.41) is 13.5. The Kier molecular flexibility index (Phi) is 6.03. The Bertz CT molecular complexity index is 1380. The number of anilines is 1. The molecule has 0 spiro atoms. The molecule has 1 amide bonds. The number of methoxy groups -OCH3 is 1. The third-order valence-electron chi connectivity index (χ3n) is 4.87. The summed E-state index contributed by atoms with van der Waals surface area (Å²) in [6.45, 7) is -0.0312. The molecule has 2 aromatic heterocycles. The average Bonchev–Trinajstić information content (AvgIpc) is 2.85. The Labute approximate surface area is 187 Å². The molecule has 2 N–H and O–H groups in total. The molecule has 9 nitrogen and oxygen atoms in total. The first-order chi connectivity index (χ1) is 16.0. The van der Waals surface area contributed by atoms with Crippen LogP contribution >= 0.6 is 0 Å². The summed E-state index contributed by atoms with van der Waals surface area (Å²) < 4.78 is 5.43. The lowest BCUT2D eigenvalue weighted by molar-refractivity contribution is 0.0553. The van der Waals surface area contributed by atoms with E-state index in [9.17, 15) is 19.5 Å². The number of benzene rings is 2. The molecule has 0 fully saturated rings. The number of aromatic nitrogens is 2. The van der Waals surface area contributed by atoms with Crippen LogP contribution in [0.2, 0.25) is 0 Å². The van der Waals surface area contributed by atoms with Crippen molar-refractivity contribution in [2.45, 2.75) is 6.61 Å². The molecule has 0 saturated carbocycles. The SMILES string of the molecule is COC(=O)c1c(O)n(OCc2ccccc2)c(=O)c2cc(NC(=O)c3ccccn3)ccc12. The van der Waals surface area contributed by atoms with Crippen molar-refractivity contribution >= 4 is 28.3 Å². The Morgan fingerprint density at radius 3 is 2.48 bits per heavy atom. The maximum Gasteiger partial charge on any atom is 0.344 e. The summed E-state index contributed by atoms with van der Waals surface area (Å²) in [6, 6.07) is 18.3. The minimum Gasteiger partial charge on any atom is -0.492 e. The van der Waals surface area contributed by atoms with Crippen LogP contribution in [0.15, 0.2) is 77.7 Å². The zero-order valence-corrected chi connectivity index (χ0v) is 17.5. The zero-order chi connectivity index (χ0) is 23.4. The van der Waals surface area contributed by atoms with E-state index >= 15 is 0 Å². The van der Waals surface area contributed by atoms with Gasteiger partial charge in [0.1, 0.15) is 17.9 Å². The number of amides is 1. The fourth-order valence-electron chi connectivity index (χ4n) is 3.27.